The molecule has 8 nitrogen and oxygen atoms in total. The summed E-state index contributed by atoms with van der Waals surface area (Å²) in [6, 6.07) is 7.69. The molecule has 150 valence electrons. The predicted molar refractivity (Wildman–Crippen MR) is 107 cm³/mol. The monoisotopic (exact) mass is 405 g/mol. The first-order valence-corrected chi connectivity index (χ1v) is 9.39. The minimum atomic E-state index is -0.298. The van der Waals surface area contributed by atoms with Crippen molar-refractivity contribution in [3.05, 3.63) is 41.0 Å². The second kappa shape index (κ2) is 8.52. The van der Waals surface area contributed by atoms with Gasteiger partial charge in [0.1, 0.15) is 5.56 Å². The molecule has 0 radical (unpaired) electrons. The van der Waals surface area contributed by atoms with Crippen LogP contribution in [0.25, 0.3) is 0 Å². The number of para-hydroxylation sites is 1. The molecule has 28 heavy (non-hydrogen) atoms. The van der Waals surface area contributed by atoms with Crippen molar-refractivity contribution >= 4 is 29.1 Å². The lowest BCUT2D eigenvalue weighted by molar-refractivity contribution is -0.131. The average molecular weight is 406 g/mol. The molecule has 1 aliphatic rings. The van der Waals surface area contributed by atoms with Gasteiger partial charge in [-0.1, -0.05) is 23.7 Å². The number of hydrogen-bond donors (Lipinski definition) is 0. The van der Waals surface area contributed by atoms with E-state index < -0.39 is 0 Å². The van der Waals surface area contributed by atoms with Crippen molar-refractivity contribution in [3.8, 4) is 5.88 Å². The summed E-state index contributed by atoms with van der Waals surface area (Å²) in [5, 5.41) is 4.79. The van der Waals surface area contributed by atoms with E-state index in [0.29, 0.717) is 36.8 Å². The molecular weight excluding hydrogens is 382 g/mol. The number of piperazine rings is 1. The van der Waals surface area contributed by atoms with Gasteiger partial charge in [-0.25, -0.2) is 0 Å². The van der Waals surface area contributed by atoms with Crippen molar-refractivity contribution in [2.24, 2.45) is 7.05 Å². The minimum absolute atomic E-state index is 0.00295. The Labute approximate surface area is 169 Å². The second-order valence-corrected chi connectivity index (χ2v) is 7.11. The van der Waals surface area contributed by atoms with E-state index in [1.165, 1.54) is 16.7 Å². The molecule has 0 N–H and O–H groups in total. The fraction of sp³-hybridized carbons (Fsp3) is 0.421. The van der Waals surface area contributed by atoms with Gasteiger partial charge in [0, 0.05) is 46.5 Å². The molecule has 0 aliphatic carbocycles. The van der Waals surface area contributed by atoms with Crippen molar-refractivity contribution in [1.82, 2.24) is 19.6 Å². The zero-order valence-electron chi connectivity index (χ0n) is 16.3. The fourth-order valence-electron chi connectivity index (χ4n) is 3.25. The molecule has 0 atom stereocenters. The number of carbonyl (C=O) groups excluding carboxylic acids is 2. The first-order chi connectivity index (χ1) is 13.4. The van der Waals surface area contributed by atoms with E-state index in [1.54, 1.807) is 25.2 Å². The van der Waals surface area contributed by atoms with E-state index in [1.807, 2.05) is 24.3 Å². The molecule has 0 saturated carbocycles. The van der Waals surface area contributed by atoms with Gasteiger partial charge in [-0.3, -0.25) is 14.3 Å². The number of rotatable bonds is 5. The summed E-state index contributed by atoms with van der Waals surface area (Å²) in [4.78, 5) is 30.6. The van der Waals surface area contributed by atoms with Gasteiger partial charge in [0.25, 0.3) is 5.91 Å². The number of likely N-dealkylation sites (N-methyl/N-ethyl adjacent to an activating group) is 1. The molecule has 9 heteroatoms. The van der Waals surface area contributed by atoms with Crippen LogP contribution in [0.3, 0.4) is 0 Å². The van der Waals surface area contributed by atoms with E-state index in [2.05, 4.69) is 10.00 Å². The quantitative estimate of drug-likeness (QED) is 0.754. The van der Waals surface area contributed by atoms with Crippen molar-refractivity contribution < 1.29 is 14.3 Å². The minimum Gasteiger partial charge on any atom is -0.479 e. The van der Waals surface area contributed by atoms with E-state index in [9.17, 15) is 9.59 Å². The van der Waals surface area contributed by atoms with E-state index in [4.69, 9.17) is 16.3 Å². The Hall–Kier alpha value is -2.74. The standard InChI is InChI=1S/C19H24ClN5O3/c1-22(19(27)14-12-23(2)21-18(14)28-3)13-17(26)25-10-8-24(9-11-25)16-7-5-4-6-15(16)20/h4-7,12H,8-11,13H2,1-3H3. The molecule has 1 aromatic carbocycles. The smallest absolute Gasteiger partial charge is 0.261 e. The number of carbonyl (C=O) groups is 2. The van der Waals surface area contributed by atoms with Crippen LogP contribution in [-0.4, -0.2) is 78.3 Å². The highest BCUT2D eigenvalue weighted by atomic mass is 35.5. The molecule has 1 fully saturated rings. The normalized spacial score (nSPS) is 14.1. The Balaban J connectivity index is 1.57. The van der Waals surface area contributed by atoms with Crippen molar-refractivity contribution in [3.63, 3.8) is 0 Å². The van der Waals surface area contributed by atoms with Gasteiger partial charge in [-0.05, 0) is 12.1 Å². The van der Waals surface area contributed by atoms with E-state index in [-0.39, 0.29) is 24.2 Å². The zero-order chi connectivity index (χ0) is 20.3. The SMILES string of the molecule is COc1nn(C)cc1C(=O)N(C)CC(=O)N1CCN(c2ccccc2Cl)CC1. The van der Waals surface area contributed by atoms with Gasteiger partial charge < -0.3 is 19.4 Å². The Kier molecular flexibility index (Phi) is 6.08. The maximum atomic E-state index is 12.6. The molecule has 0 bridgehead atoms. The Morgan fingerprint density at radius 2 is 1.89 bits per heavy atom. The Morgan fingerprint density at radius 1 is 1.21 bits per heavy atom. The topological polar surface area (TPSA) is 70.9 Å². The van der Waals surface area contributed by atoms with E-state index in [0.717, 1.165) is 5.69 Å². The molecule has 2 aromatic rings. The number of ether oxygens (including phenoxy) is 1. The van der Waals surface area contributed by atoms with Crippen LogP contribution in [0.15, 0.2) is 30.5 Å². The molecule has 0 spiro atoms. The average Bonchev–Trinajstić information content (AvgIpc) is 3.08. The summed E-state index contributed by atoms with van der Waals surface area (Å²) < 4.78 is 6.64. The van der Waals surface area contributed by atoms with Crippen LogP contribution in [-0.2, 0) is 11.8 Å². The van der Waals surface area contributed by atoms with Crippen LogP contribution in [0.5, 0.6) is 5.88 Å². The maximum absolute atomic E-state index is 12.6. The number of methoxy groups -OCH3 is 1. The van der Waals surface area contributed by atoms with Crippen molar-refractivity contribution in [2.45, 2.75) is 0 Å². The highest BCUT2D eigenvalue weighted by molar-refractivity contribution is 6.33. The fourth-order valence-corrected chi connectivity index (χ4v) is 3.51. The highest BCUT2D eigenvalue weighted by Gasteiger charge is 2.26. The van der Waals surface area contributed by atoms with Crippen molar-refractivity contribution in [2.75, 3.05) is 51.8 Å². The molecule has 1 aliphatic heterocycles. The third kappa shape index (κ3) is 4.22. The number of benzene rings is 1. The number of anilines is 1. The lowest BCUT2D eigenvalue weighted by atomic mass is 10.2. The van der Waals surface area contributed by atoms with Gasteiger partial charge in [-0.15, -0.1) is 5.10 Å². The number of amides is 2. The van der Waals surface area contributed by atoms with Crippen LogP contribution in [0, 0.1) is 0 Å². The lowest BCUT2D eigenvalue weighted by Crippen LogP contribution is -2.51. The molecule has 0 unspecified atom stereocenters. The first kappa shape index (κ1) is 20.0. The van der Waals surface area contributed by atoms with E-state index >= 15 is 0 Å². The molecule has 1 aromatic heterocycles. The molecule has 1 saturated heterocycles. The van der Waals surface area contributed by atoms with Crippen LogP contribution in [0.4, 0.5) is 5.69 Å². The summed E-state index contributed by atoms with van der Waals surface area (Å²) in [5.74, 6) is -0.134. The van der Waals surface area contributed by atoms with Crippen LogP contribution >= 0.6 is 11.6 Å². The third-order valence-corrected chi connectivity index (χ3v) is 5.08. The third-order valence-electron chi connectivity index (χ3n) is 4.76. The summed E-state index contributed by atoms with van der Waals surface area (Å²) in [6.45, 7) is 2.57. The predicted octanol–water partition coefficient (Wildman–Crippen LogP) is 1.50. The summed E-state index contributed by atoms with van der Waals surface area (Å²) in [7, 11) is 4.78. The number of halogens is 1. The van der Waals surface area contributed by atoms with Crippen LogP contribution in [0.2, 0.25) is 5.02 Å². The van der Waals surface area contributed by atoms with Crippen molar-refractivity contribution in [1.29, 1.82) is 0 Å². The van der Waals surface area contributed by atoms with Crippen LogP contribution < -0.4 is 9.64 Å². The molecule has 3 rings (SSSR count). The Bertz CT molecular complexity index is 861. The zero-order valence-corrected chi connectivity index (χ0v) is 17.0. The summed E-state index contributed by atoms with van der Waals surface area (Å²) in [6.07, 6.45) is 1.59. The van der Waals surface area contributed by atoms with Gasteiger partial charge in [-0.2, -0.15) is 0 Å². The lowest BCUT2D eigenvalue weighted by Gasteiger charge is -2.37. The largest absolute Gasteiger partial charge is 0.479 e. The summed E-state index contributed by atoms with van der Waals surface area (Å²) >= 11 is 6.26. The Morgan fingerprint density at radius 3 is 2.54 bits per heavy atom. The number of aryl methyl sites for hydroxylation is 1. The number of nitrogens with zero attached hydrogens (tertiary/aromatic N) is 5. The number of hydrogen-bond acceptors (Lipinski definition) is 5. The summed E-state index contributed by atoms with van der Waals surface area (Å²) in [5.41, 5.74) is 1.32. The van der Waals surface area contributed by atoms with Gasteiger partial charge in [0.15, 0.2) is 0 Å². The van der Waals surface area contributed by atoms with Gasteiger partial charge >= 0.3 is 0 Å². The van der Waals surface area contributed by atoms with Gasteiger partial charge in [0.2, 0.25) is 11.8 Å². The second-order valence-electron chi connectivity index (χ2n) is 6.71. The number of aromatic nitrogens is 2. The molecular formula is C19H24ClN5O3. The molecule has 2 amide bonds. The highest BCUT2D eigenvalue weighted by Crippen LogP contribution is 2.26. The molecule has 2 heterocycles. The van der Waals surface area contributed by atoms with Gasteiger partial charge in [0.05, 0.1) is 24.4 Å². The van der Waals surface area contributed by atoms with Crippen LogP contribution in [0.1, 0.15) is 10.4 Å². The maximum Gasteiger partial charge on any atom is 0.261 e. The first-order valence-electron chi connectivity index (χ1n) is 9.01.